The zero-order chi connectivity index (χ0) is 51.6. The van der Waals surface area contributed by atoms with Gasteiger partial charge in [0.15, 0.2) is 28.7 Å². The van der Waals surface area contributed by atoms with Gasteiger partial charge in [-0.25, -0.2) is 5.26 Å². The van der Waals surface area contributed by atoms with Crippen LogP contribution in [0.25, 0.3) is 32.3 Å². The first-order chi connectivity index (χ1) is 34.3. The number of aromatic hydroxyl groups is 3. The van der Waals surface area contributed by atoms with Crippen molar-refractivity contribution in [3.63, 3.8) is 0 Å². The molecule has 28 heteroatoms. The molecule has 24 nitrogen and oxygen atoms in total. The summed E-state index contributed by atoms with van der Waals surface area (Å²) >= 11 is -2.57. The van der Waals surface area contributed by atoms with Gasteiger partial charge < -0.3 is 25.2 Å². The smallest absolute Gasteiger partial charge is 0.357 e. The molecule has 0 aliphatic carbocycles. The number of rotatable bonds is 15. The molecule has 9 N–H and O–H groups in total. The summed E-state index contributed by atoms with van der Waals surface area (Å²) in [6.45, 7) is 3.03. The Balaban J connectivity index is 1.23. The molecule has 8 aromatic carbocycles. The number of benzene rings is 8. The van der Waals surface area contributed by atoms with Crippen molar-refractivity contribution in [1.82, 2.24) is 0 Å². The molecule has 0 amide bonds. The number of anilines is 1. The van der Waals surface area contributed by atoms with Crippen LogP contribution in [-0.2, 0) is 41.0 Å². The molecule has 0 radical (unpaired) electrons. The van der Waals surface area contributed by atoms with Crippen LogP contribution in [0.3, 0.4) is 0 Å². The lowest BCUT2D eigenvalue weighted by Crippen LogP contribution is -2.03. The first kappa shape index (κ1) is 50.5. The van der Waals surface area contributed by atoms with Crippen molar-refractivity contribution in [2.24, 2.45) is 40.9 Å². The summed E-state index contributed by atoms with van der Waals surface area (Å²) in [5, 5.41) is 79.7. The standard InChI is InChI=1S/C44H33N9O15S4/c1-21-28-19-33(69-68-67-57)39(51-46-24-9-5-3-6-10-24)42(54)26(28)13-15-30(21)48-50-38-32(66-70(58)59)17-23-18-34(71(60,61)62)40(37(45)36(23)44(38)56)52-49-31-16-14-27-29(22(31)2)20-35(72(63,64)65)41(43(27)55)53-47-25-11-7-4-8-12-25/h3-20,54-57H,45H2,1-2H3,(H,58,59)(H,60,61,62)(H,63,64,65). The van der Waals surface area contributed by atoms with Gasteiger partial charge >= 0.3 is 11.4 Å². The van der Waals surface area contributed by atoms with Gasteiger partial charge in [0, 0.05) is 10.8 Å². The minimum atomic E-state index is -5.22. The van der Waals surface area contributed by atoms with Crippen molar-refractivity contribution in [1.29, 1.82) is 0 Å². The van der Waals surface area contributed by atoms with Crippen molar-refractivity contribution in [2.45, 2.75) is 28.5 Å². The van der Waals surface area contributed by atoms with Gasteiger partial charge in [0.1, 0.15) is 26.9 Å². The van der Waals surface area contributed by atoms with Crippen LogP contribution in [-0.4, -0.2) is 55.3 Å². The Labute approximate surface area is 412 Å². The number of phenols is 3. The summed E-state index contributed by atoms with van der Waals surface area (Å²) in [6, 6.07) is 26.6. The van der Waals surface area contributed by atoms with E-state index < -0.39 is 81.4 Å². The molecular weight excluding hydrogens is 1020 g/mol. The molecule has 1 atom stereocenters. The zero-order valence-electron chi connectivity index (χ0n) is 36.6. The van der Waals surface area contributed by atoms with Crippen LogP contribution in [0.4, 0.5) is 51.2 Å². The average molecular weight is 1060 g/mol. The number of hydrogen-bond donors (Lipinski definition) is 8. The zero-order valence-corrected chi connectivity index (χ0v) is 39.8. The Kier molecular flexibility index (Phi) is 14.3. The van der Waals surface area contributed by atoms with Gasteiger partial charge in [0.2, 0.25) is 0 Å². The third-order valence-corrected chi connectivity index (χ3v) is 13.4. The average Bonchev–Trinajstić information content (AvgIpc) is 3.33. The van der Waals surface area contributed by atoms with E-state index in [1.54, 1.807) is 67.6 Å². The normalized spacial score (nSPS) is 13.0. The van der Waals surface area contributed by atoms with E-state index in [9.17, 15) is 50.0 Å². The summed E-state index contributed by atoms with van der Waals surface area (Å²) in [6.07, 6.45) is 0. The predicted octanol–water partition coefficient (Wildman–Crippen LogP) is 12.6. The highest BCUT2D eigenvalue weighted by atomic mass is 32.2. The molecule has 0 fully saturated rings. The van der Waals surface area contributed by atoms with Crippen LogP contribution in [0.5, 0.6) is 23.0 Å². The lowest BCUT2D eigenvalue weighted by molar-refractivity contribution is -0.432. The van der Waals surface area contributed by atoms with E-state index in [0.717, 1.165) is 18.2 Å². The van der Waals surface area contributed by atoms with Gasteiger partial charge in [-0.15, -0.1) is 29.9 Å². The molecule has 0 heterocycles. The largest absolute Gasteiger partial charge is 0.505 e. The lowest BCUT2D eigenvalue weighted by atomic mass is 10.0. The minimum absolute atomic E-state index is 0.0244. The summed E-state index contributed by atoms with van der Waals surface area (Å²) in [5.74, 6) is -2.52. The molecule has 72 heavy (non-hydrogen) atoms. The Bertz CT molecular complexity index is 3890. The lowest BCUT2D eigenvalue weighted by Gasteiger charge is -2.15. The number of hydrogen-bond acceptors (Lipinski definition) is 22. The minimum Gasteiger partial charge on any atom is -0.505 e. The highest BCUT2D eigenvalue weighted by Crippen LogP contribution is 2.52. The number of nitrogens with zero attached hydrogens (tertiary/aromatic N) is 8. The predicted molar refractivity (Wildman–Crippen MR) is 262 cm³/mol. The molecule has 0 aliphatic rings. The number of nitrogen functional groups attached to an aromatic ring is 1. The second-order valence-electron chi connectivity index (χ2n) is 15.0. The van der Waals surface area contributed by atoms with Crippen LogP contribution >= 0.6 is 12.0 Å². The topological polar surface area (TPSA) is 380 Å². The Morgan fingerprint density at radius 3 is 1.58 bits per heavy atom. The molecule has 8 aromatic rings. The number of fused-ring (bicyclic) bond motifs is 3. The van der Waals surface area contributed by atoms with Gasteiger partial charge in [-0.1, -0.05) is 41.4 Å². The maximum atomic E-state index is 12.9. The van der Waals surface area contributed by atoms with Crippen molar-refractivity contribution < 1.29 is 68.8 Å². The molecule has 0 saturated heterocycles. The summed E-state index contributed by atoms with van der Waals surface area (Å²) < 4.78 is 103. The van der Waals surface area contributed by atoms with Crippen LogP contribution in [0.15, 0.2) is 165 Å². The Morgan fingerprint density at radius 2 is 1.06 bits per heavy atom. The quantitative estimate of drug-likeness (QED) is 0.00899. The Hall–Kier alpha value is -7.90. The third kappa shape index (κ3) is 10.3. The van der Waals surface area contributed by atoms with Crippen molar-refractivity contribution in [3.8, 4) is 23.0 Å². The highest BCUT2D eigenvalue weighted by Gasteiger charge is 2.28. The molecule has 368 valence electrons. The second kappa shape index (κ2) is 20.4. The van der Waals surface area contributed by atoms with E-state index in [1.165, 1.54) is 37.3 Å². The molecule has 8 rings (SSSR count). The van der Waals surface area contributed by atoms with E-state index >= 15 is 0 Å². The molecule has 0 aromatic heterocycles. The van der Waals surface area contributed by atoms with E-state index in [1.807, 2.05) is 0 Å². The number of nitrogens with two attached hydrogens (primary N) is 1. The third-order valence-electron chi connectivity index (χ3n) is 10.7. The van der Waals surface area contributed by atoms with Gasteiger partial charge in [-0.3, -0.25) is 13.7 Å². The maximum Gasteiger partial charge on any atom is 0.357 e. The first-order valence-corrected chi connectivity index (χ1v) is 24.8. The fraction of sp³-hybridized carbons (Fsp3) is 0.0455. The van der Waals surface area contributed by atoms with Gasteiger partial charge in [0.25, 0.3) is 20.2 Å². The van der Waals surface area contributed by atoms with Crippen molar-refractivity contribution in [2.75, 3.05) is 5.73 Å². The fourth-order valence-electron chi connectivity index (χ4n) is 7.29. The van der Waals surface area contributed by atoms with Crippen molar-refractivity contribution >= 4 is 127 Å². The summed E-state index contributed by atoms with van der Waals surface area (Å²) in [7, 11) is -10.3. The molecular formula is C44H33N9O15S4. The maximum absolute atomic E-state index is 12.9. The van der Waals surface area contributed by atoms with Crippen molar-refractivity contribution in [3.05, 3.63) is 120 Å². The summed E-state index contributed by atoms with van der Waals surface area (Å²) in [4.78, 5) is -1.63. The molecule has 0 bridgehead atoms. The summed E-state index contributed by atoms with van der Waals surface area (Å²) in [5.41, 5.74) is 5.23. The number of aryl methyl sites for hydroxylation is 2. The molecule has 0 spiro atoms. The van der Waals surface area contributed by atoms with Crippen LogP contribution in [0.2, 0.25) is 0 Å². The molecule has 0 saturated carbocycles. The highest BCUT2D eigenvalue weighted by molar-refractivity contribution is 7.94. The van der Waals surface area contributed by atoms with Crippen LogP contribution in [0, 0.1) is 13.8 Å². The van der Waals surface area contributed by atoms with Gasteiger partial charge in [0.05, 0.1) is 50.8 Å². The van der Waals surface area contributed by atoms with Gasteiger partial charge in [-0.2, -0.15) is 36.4 Å². The first-order valence-electron chi connectivity index (χ1n) is 20.1. The van der Waals surface area contributed by atoms with E-state index in [0.29, 0.717) is 34.4 Å². The molecule has 1 unspecified atom stereocenters. The van der Waals surface area contributed by atoms with Crippen LogP contribution in [0.1, 0.15) is 11.1 Å². The Morgan fingerprint density at radius 1 is 0.569 bits per heavy atom. The monoisotopic (exact) mass is 1060 g/mol. The van der Waals surface area contributed by atoms with E-state index in [-0.39, 0.29) is 60.2 Å². The van der Waals surface area contributed by atoms with E-state index in [4.69, 9.17) is 15.2 Å². The van der Waals surface area contributed by atoms with E-state index in [2.05, 4.69) is 50.3 Å². The SMILES string of the molecule is Cc1c(N=Nc2c(OS(=O)O)cc3cc(S(=O)(=O)O)c(N=Nc4ccc5c(O)c(N=Nc6ccccc6)c(S(=O)(=O)O)cc5c4C)c(N)c3c2O)ccc2c(O)c(N=Nc3ccccc3)c(SOOO)cc12. The fourth-order valence-corrected chi connectivity index (χ4v) is 9.38. The second-order valence-corrected chi connectivity index (χ2v) is 19.1. The van der Waals surface area contributed by atoms with Crippen LogP contribution < -0.4 is 9.92 Å². The number of phenolic OH excluding ortho intramolecular Hbond substituents is 3. The number of azo groups is 4. The van der Waals surface area contributed by atoms with Gasteiger partial charge in [-0.05, 0) is 114 Å². The molecule has 0 aliphatic heterocycles.